The predicted molar refractivity (Wildman–Crippen MR) is 93.1 cm³/mol. The number of nitrogens with zero attached hydrogens (tertiary/aromatic N) is 3. The van der Waals surface area contributed by atoms with Gasteiger partial charge in [-0.25, -0.2) is 4.98 Å². The second kappa shape index (κ2) is 7.35. The summed E-state index contributed by atoms with van der Waals surface area (Å²) < 4.78 is 12.3. The molecule has 1 aliphatic rings. The largest absolute Gasteiger partial charge is 0.343 e. The third kappa shape index (κ3) is 3.74. The van der Waals surface area contributed by atoms with Gasteiger partial charge in [-0.05, 0) is 19.1 Å². The highest BCUT2D eigenvalue weighted by molar-refractivity contribution is 7.85. The topological polar surface area (TPSA) is 36.4 Å². The fourth-order valence-corrected chi connectivity index (χ4v) is 4.67. The first kappa shape index (κ1) is 15.6. The van der Waals surface area contributed by atoms with Crippen LogP contribution in [-0.4, -0.2) is 52.1 Å². The third-order valence-electron chi connectivity index (χ3n) is 3.98. The summed E-state index contributed by atoms with van der Waals surface area (Å²) in [5.74, 6) is 0.702. The maximum Gasteiger partial charge on any atom is 0.185 e. The van der Waals surface area contributed by atoms with Crippen molar-refractivity contribution in [3.05, 3.63) is 41.9 Å². The minimum atomic E-state index is -0.900. The maximum atomic E-state index is 12.3. The molecule has 1 aromatic carbocycles. The average molecular weight is 335 g/mol. The van der Waals surface area contributed by atoms with Crippen LogP contribution in [0.3, 0.4) is 0 Å². The summed E-state index contributed by atoms with van der Waals surface area (Å²) in [7, 11) is -0.900. The molecule has 1 aliphatic heterocycles. The molecule has 1 aromatic heterocycles. The second-order valence-corrected chi connectivity index (χ2v) is 7.96. The Morgan fingerprint density at radius 1 is 1.32 bits per heavy atom. The van der Waals surface area contributed by atoms with Crippen LogP contribution in [0.25, 0.3) is 0 Å². The van der Waals surface area contributed by atoms with Crippen molar-refractivity contribution in [3.8, 4) is 0 Å². The van der Waals surface area contributed by atoms with Crippen LogP contribution in [0.2, 0.25) is 0 Å². The van der Waals surface area contributed by atoms with E-state index < -0.39 is 10.8 Å². The van der Waals surface area contributed by atoms with E-state index >= 15 is 0 Å². The highest BCUT2D eigenvalue weighted by Crippen LogP contribution is 2.22. The van der Waals surface area contributed by atoms with Gasteiger partial charge in [-0.2, -0.15) is 0 Å². The molecule has 1 fully saturated rings. The van der Waals surface area contributed by atoms with Crippen LogP contribution in [0.4, 0.5) is 5.13 Å². The molecule has 2 atom stereocenters. The van der Waals surface area contributed by atoms with Gasteiger partial charge in [0, 0.05) is 54.4 Å². The van der Waals surface area contributed by atoms with Gasteiger partial charge < -0.3 is 4.90 Å². The molecule has 0 N–H and O–H groups in total. The van der Waals surface area contributed by atoms with Gasteiger partial charge in [0.15, 0.2) is 5.13 Å². The van der Waals surface area contributed by atoms with Crippen LogP contribution in [0.15, 0.2) is 46.8 Å². The van der Waals surface area contributed by atoms with E-state index in [2.05, 4.69) is 21.7 Å². The monoisotopic (exact) mass is 335 g/mol. The highest BCUT2D eigenvalue weighted by Gasteiger charge is 2.25. The number of hydrogen-bond donors (Lipinski definition) is 0. The number of benzene rings is 1. The molecule has 4 nitrogen and oxygen atoms in total. The van der Waals surface area contributed by atoms with Crippen LogP contribution in [-0.2, 0) is 10.8 Å². The Balaban J connectivity index is 1.50. The van der Waals surface area contributed by atoms with Gasteiger partial charge in [-0.1, -0.05) is 18.2 Å². The summed E-state index contributed by atoms with van der Waals surface area (Å²) in [4.78, 5) is 10.1. The van der Waals surface area contributed by atoms with Crippen molar-refractivity contribution < 1.29 is 4.21 Å². The van der Waals surface area contributed by atoms with Gasteiger partial charge in [-0.3, -0.25) is 9.11 Å². The van der Waals surface area contributed by atoms with Crippen molar-refractivity contribution in [1.29, 1.82) is 0 Å². The van der Waals surface area contributed by atoms with Crippen LogP contribution >= 0.6 is 11.3 Å². The van der Waals surface area contributed by atoms with E-state index in [0.717, 1.165) is 36.2 Å². The van der Waals surface area contributed by atoms with Gasteiger partial charge in [0.05, 0.1) is 10.8 Å². The molecule has 0 spiro atoms. The lowest BCUT2D eigenvalue weighted by atomic mass is 10.2. The number of hydrogen-bond acceptors (Lipinski definition) is 5. The minimum Gasteiger partial charge on any atom is -0.343 e. The van der Waals surface area contributed by atoms with Crippen molar-refractivity contribution in [3.63, 3.8) is 0 Å². The molecule has 1 saturated heterocycles. The van der Waals surface area contributed by atoms with E-state index in [9.17, 15) is 4.21 Å². The quantitative estimate of drug-likeness (QED) is 0.841. The van der Waals surface area contributed by atoms with E-state index in [1.54, 1.807) is 11.3 Å². The fraction of sp³-hybridized carbons (Fsp3) is 0.438. The van der Waals surface area contributed by atoms with Crippen LogP contribution in [0.5, 0.6) is 0 Å². The SMILES string of the molecule is C[C@@H]1CN(CC[S@@](=O)c2ccccc2)CCN1c1nccs1. The molecule has 2 heterocycles. The minimum absolute atomic E-state index is 0.449. The molecule has 0 aliphatic carbocycles. The standard InChI is InChI=1S/C16H21N3OS2/c1-14-13-18(8-9-19(14)16-17-7-11-21-16)10-12-22(20)15-5-3-2-4-6-15/h2-7,11,14H,8-10,12-13H2,1H3/t14-,22-/m1/s1. The first-order valence-corrected chi connectivity index (χ1v) is 9.76. The fourth-order valence-electron chi connectivity index (χ4n) is 2.78. The molecule has 22 heavy (non-hydrogen) atoms. The van der Waals surface area contributed by atoms with Crippen molar-refractivity contribution in [2.75, 3.05) is 36.8 Å². The number of aromatic nitrogens is 1. The highest BCUT2D eigenvalue weighted by atomic mass is 32.2. The van der Waals surface area contributed by atoms with E-state index in [0.29, 0.717) is 11.8 Å². The smallest absolute Gasteiger partial charge is 0.185 e. The second-order valence-electron chi connectivity index (χ2n) is 5.52. The summed E-state index contributed by atoms with van der Waals surface area (Å²) in [5, 5.41) is 3.14. The average Bonchev–Trinajstić information content (AvgIpc) is 3.07. The van der Waals surface area contributed by atoms with Gasteiger partial charge in [0.2, 0.25) is 0 Å². The lowest BCUT2D eigenvalue weighted by Crippen LogP contribution is -2.52. The molecular weight excluding hydrogens is 314 g/mol. The molecule has 0 saturated carbocycles. The lowest BCUT2D eigenvalue weighted by Gasteiger charge is -2.39. The first-order valence-electron chi connectivity index (χ1n) is 7.56. The summed E-state index contributed by atoms with van der Waals surface area (Å²) >= 11 is 1.70. The molecule has 0 amide bonds. The van der Waals surface area contributed by atoms with E-state index in [4.69, 9.17) is 0 Å². The third-order valence-corrected chi connectivity index (χ3v) is 6.14. The van der Waals surface area contributed by atoms with Crippen molar-refractivity contribution >= 4 is 27.3 Å². The molecule has 2 aromatic rings. The number of thiazole rings is 1. The predicted octanol–water partition coefficient (Wildman–Crippen LogP) is 2.46. The Labute approximate surface area is 138 Å². The zero-order chi connectivity index (χ0) is 15.4. The molecule has 0 bridgehead atoms. The zero-order valence-corrected chi connectivity index (χ0v) is 14.4. The van der Waals surface area contributed by atoms with Crippen LogP contribution in [0.1, 0.15) is 6.92 Å². The Morgan fingerprint density at radius 2 is 2.14 bits per heavy atom. The van der Waals surface area contributed by atoms with Gasteiger partial charge >= 0.3 is 0 Å². The summed E-state index contributed by atoms with van der Waals surface area (Å²) in [6.45, 7) is 6.13. The van der Waals surface area contributed by atoms with Gasteiger partial charge in [0.1, 0.15) is 0 Å². The van der Waals surface area contributed by atoms with Crippen molar-refractivity contribution in [1.82, 2.24) is 9.88 Å². The first-order chi connectivity index (χ1) is 10.7. The number of rotatable bonds is 5. The lowest BCUT2D eigenvalue weighted by molar-refractivity contribution is 0.241. The van der Waals surface area contributed by atoms with E-state index in [-0.39, 0.29) is 0 Å². The molecular formula is C16H21N3OS2. The van der Waals surface area contributed by atoms with E-state index in [1.165, 1.54) is 0 Å². The van der Waals surface area contributed by atoms with Gasteiger partial charge in [-0.15, -0.1) is 11.3 Å². The Bertz CT molecular complexity index is 603. The van der Waals surface area contributed by atoms with Gasteiger partial charge in [0.25, 0.3) is 0 Å². The van der Waals surface area contributed by atoms with Crippen LogP contribution < -0.4 is 4.90 Å². The Hall–Kier alpha value is -1.24. The molecule has 6 heteroatoms. The molecule has 118 valence electrons. The van der Waals surface area contributed by atoms with E-state index in [1.807, 2.05) is 41.9 Å². The Morgan fingerprint density at radius 3 is 2.82 bits per heavy atom. The zero-order valence-electron chi connectivity index (χ0n) is 12.7. The number of anilines is 1. The van der Waals surface area contributed by atoms with Crippen molar-refractivity contribution in [2.45, 2.75) is 17.9 Å². The molecule has 0 unspecified atom stereocenters. The normalized spacial score (nSPS) is 21.0. The molecule has 0 radical (unpaired) electrons. The molecule has 3 rings (SSSR count). The summed E-state index contributed by atoms with van der Waals surface area (Å²) in [6, 6.07) is 10.2. The summed E-state index contributed by atoms with van der Waals surface area (Å²) in [5.41, 5.74) is 0. The number of piperazine rings is 1. The van der Waals surface area contributed by atoms with Crippen LogP contribution in [0, 0.1) is 0 Å². The Kier molecular flexibility index (Phi) is 5.23. The summed E-state index contributed by atoms with van der Waals surface area (Å²) in [6.07, 6.45) is 1.86. The van der Waals surface area contributed by atoms with Crippen molar-refractivity contribution in [2.24, 2.45) is 0 Å². The maximum absolute atomic E-state index is 12.3.